The molecule has 13 heteroatoms. The quantitative estimate of drug-likeness (QED) is 0.330. The maximum absolute atomic E-state index is 13.0. The highest BCUT2D eigenvalue weighted by atomic mass is 32.2. The van der Waals surface area contributed by atoms with Crippen molar-refractivity contribution in [3.05, 3.63) is 42.5 Å². The first kappa shape index (κ1) is 24.4. The summed E-state index contributed by atoms with van der Waals surface area (Å²) < 4.78 is 38.1. The summed E-state index contributed by atoms with van der Waals surface area (Å²) in [6, 6.07) is 12.0. The number of carbonyl (C=O) groups excluding carboxylic acids is 1. The van der Waals surface area contributed by atoms with E-state index in [4.69, 9.17) is 9.47 Å². The average Bonchev–Trinajstić information content (AvgIpc) is 3.26. The van der Waals surface area contributed by atoms with Crippen LogP contribution in [0.2, 0.25) is 0 Å². The summed E-state index contributed by atoms with van der Waals surface area (Å²) in [6.07, 6.45) is 0. The fraction of sp³-hybridized carbons (Fsp3) is 0.304. The molecule has 0 spiro atoms. The van der Waals surface area contributed by atoms with Crippen molar-refractivity contribution in [1.82, 2.24) is 24.5 Å². The van der Waals surface area contributed by atoms with E-state index in [0.717, 1.165) is 17.5 Å². The highest BCUT2D eigenvalue weighted by Gasteiger charge is 2.27. The molecule has 36 heavy (non-hydrogen) atoms. The predicted octanol–water partition coefficient (Wildman–Crippen LogP) is 2.66. The Morgan fingerprint density at radius 2 is 1.94 bits per heavy atom. The normalized spacial score (nSPS) is 14.8. The van der Waals surface area contributed by atoms with Gasteiger partial charge in [-0.05, 0) is 49.4 Å². The number of amides is 1. The van der Waals surface area contributed by atoms with Gasteiger partial charge in [0.1, 0.15) is 11.3 Å². The minimum Gasteiger partial charge on any atom is -0.494 e. The molecule has 2 aromatic heterocycles. The first-order valence-corrected chi connectivity index (χ1v) is 13.8. The molecule has 0 bridgehead atoms. The van der Waals surface area contributed by atoms with Gasteiger partial charge in [0.25, 0.3) is 0 Å². The van der Waals surface area contributed by atoms with Crippen molar-refractivity contribution in [1.29, 1.82) is 0 Å². The highest BCUT2D eigenvalue weighted by molar-refractivity contribution is 7.99. The average molecular weight is 529 g/mol. The molecule has 0 unspecified atom stereocenters. The van der Waals surface area contributed by atoms with Gasteiger partial charge in [0, 0.05) is 29.7 Å². The number of benzene rings is 2. The Labute approximate surface area is 211 Å². The molecule has 3 heterocycles. The zero-order valence-electron chi connectivity index (χ0n) is 19.4. The van der Waals surface area contributed by atoms with Gasteiger partial charge in [0.15, 0.2) is 5.65 Å². The molecule has 188 valence electrons. The number of hydrogen-bond donors (Lipinski definition) is 2. The van der Waals surface area contributed by atoms with E-state index in [2.05, 4.69) is 25.5 Å². The maximum Gasteiger partial charge on any atom is 0.243 e. The molecule has 5 rings (SSSR count). The van der Waals surface area contributed by atoms with Crippen LogP contribution in [-0.2, 0) is 19.6 Å². The molecule has 0 aliphatic carbocycles. The summed E-state index contributed by atoms with van der Waals surface area (Å²) in [5.74, 6) is 0.631. The van der Waals surface area contributed by atoms with E-state index < -0.39 is 10.0 Å². The summed E-state index contributed by atoms with van der Waals surface area (Å²) in [5.41, 5.74) is 2.29. The molecule has 1 aliphatic rings. The molecule has 0 saturated carbocycles. The molecule has 1 aliphatic heterocycles. The molecule has 1 fully saturated rings. The third kappa shape index (κ3) is 5.14. The van der Waals surface area contributed by atoms with Crippen LogP contribution in [0.1, 0.15) is 6.92 Å². The van der Waals surface area contributed by atoms with Crippen molar-refractivity contribution >= 4 is 55.4 Å². The molecule has 1 saturated heterocycles. The standard InChI is InChI=1S/C23H24N6O5S2/c1-2-34-16-5-3-15(4-6-16)24-20(30)14-35-23-26-22-21(27-28-23)18-13-17(7-8-19(18)25-22)36(31,32)29-9-11-33-12-10-29/h3-8,13H,2,9-12,14H2,1H3,(H,24,30)(H,25,26,28). The predicted molar refractivity (Wildman–Crippen MR) is 136 cm³/mol. The van der Waals surface area contributed by atoms with E-state index in [-0.39, 0.29) is 16.6 Å². The highest BCUT2D eigenvalue weighted by Crippen LogP contribution is 2.28. The monoisotopic (exact) mass is 528 g/mol. The van der Waals surface area contributed by atoms with Crippen molar-refractivity contribution in [2.24, 2.45) is 0 Å². The van der Waals surface area contributed by atoms with E-state index in [1.165, 1.54) is 4.31 Å². The van der Waals surface area contributed by atoms with Crippen molar-refractivity contribution in [3.8, 4) is 5.75 Å². The van der Waals surface area contributed by atoms with Crippen LogP contribution in [0.3, 0.4) is 0 Å². The number of fused-ring (bicyclic) bond motifs is 3. The summed E-state index contributed by atoms with van der Waals surface area (Å²) in [7, 11) is -3.64. The van der Waals surface area contributed by atoms with Gasteiger partial charge in [0.05, 0.1) is 30.5 Å². The van der Waals surface area contributed by atoms with Crippen LogP contribution in [0.25, 0.3) is 22.1 Å². The topological polar surface area (TPSA) is 139 Å². The number of anilines is 1. The number of thioether (sulfide) groups is 1. The molecule has 11 nitrogen and oxygen atoms in total. The Balaban J connectivity index is 1.29. The van der Waals surface area contributed by atoms with Gasteiger partial charge in [-0.1, -0.05) is 11.8 Å². The van der Waals surface area contributed by atoms with Crippen LogP contribution in [0.15, 0.2) is 52.5 Å². The van der Waals surface area contributed by atoms with Crippen molar-refractivity contribution in [2.45, 2.75) is 17.0 Å². The molecule has 4 aromatic rings. The second-order valence-electron chi connectivity index (χ2n) is 7.93. The molecule has 2 aromatic carbocycles. The van der Waals surface area contributed by atoms with Gasteiger partial charge in [-0.2, -0.15) is 4.31 Å². The van der Waals surface area contributed by atoms with E-state index in [1.54, 1.807) is 42.5 Å². The lowest BCUT2D eigenvalue weighted by Crippen LogP contribution is -2.40. The van der Waals surface area contributed by atoms with E-state index in [9.17, 15) is 13.2 Å². The van der Waals surface area contributed by atoms with Gasteiger partial charge >= 0.3 is 0 Å². The van der Waals surface area contributed by atoms with Crippen LogP contribution in [0.5, 0.6) is 5.75 Å². The summed E-state index contributed by atoms with van der Waals surface area (Å²) in [6.45, 7) is 3.88. The number of rotatable bonds is 8. The summed E-state index contributed by atoms with van der Waals surface area (Å²) in [4.78, 5) is 20.1. The van der Waals surface area contributed by atoms with Crippen molar-refractivity contribution in [3.63, 3.8) is 0 Å². The molecule has 0 radical (unpaired) electrons. The molecular weight excluding hydrogens is 504 g/mol. The number of aromatic nitrogens is 4. The molecule has 1 amide bonds. The van der Waals surface area contributed by atoms with Gasteiger partial charge in [-0.25, -0.2) is 13.4 Å². The zero-order valence-corrected chi connectivity index (χ0v) is 21.1. The smallest absolute Gasteiger partial charge is 0.243 e. The largest absolute Gasteiger partial charge is 0.494 e. The molecule has 2 N–H and O–H groups in total. The Morgan fingerprint density at radius 3 is 2.69 bits per heavy atom. The maximum atomic E-state index is 13.0. The number of carbonyl (C=O) groups is 1. The van der Waals surface area contributed by atoms with E-state index >= 15 is 0 Å². The minimum absolute atomic E-state index is 0.0998. The van der Waals surface area contributed by atoms with Gasteiger partial charge < -0.3 is 19.8 Å². The zero-order chi connectivity index (χ0) is 25.1. The number of aromatic amines is 1. The van der Waals surface area contributed by atoms with E-state index in [0.29, 0.717) is 65.8 Å². The number of hydrogen-bond acceptors (Lipinski definition) is 9. The number of nitrogens with zero attached hydrogens (tertiary/aromatic N) is 4. The van der Waals surface area contributed by atoms with Crippen molar-refractivity contribution < 1.29 is 22.7 Å². The Bertz CT molecular complexity index is 1500. The Hall–Kier alpha value is -3.26. The lowest BCUT2D eigenvalue weighted by molar-refractivity contribution is -0.113. The second kappa shape index (κ2) is 10.4. The SMILES string of the molecule is CCOc1ccc(NC(=O)CSc2nnc3c(n2)[nH]c2ccc(S(=O)(=O)N4CCOCC4)cc23)cc1. The van der Waals surface area contributed by atoms with Crippen LogP contribution in [0.4, 0.5) is 5.69 Å². The van der Waals surface area contributed by atoms with Gasteiger partial charge in [0.2, 0.25) is 21.1 Å². The molecular formula is C23H24N6O5S2. The number of H-pyrrole nitrogens is 1. The third-order valence-electron chi connectivity index (χ3n) is 5.56. The summed E-state index contributed by atoms with van der Waals surface area (Å²) >= 11 is 1.15. The molecule has 0 atom stereocenters. The number of morpholine rings is 1. The fourth-order valence-electron chi connectivity index (χ4n) is 3.82. The lowest BCUT2D eigenvalue weighted by Gasteiger charge is -2.26. The first-order valence-electron chi connectivity index (χ1n) is 11.3. The van der Waals surface area contributed by atoms with Crippen LogP contribution in [-0.4, -0.2) is 77.5 Å². The Morgan fingerprint density at radius 1 is 1.17 bits per heavy atom. The summed E-state index contributed by atoms with van der Waals surface area (Å²) in [5, 5.41) is 12.2. The van der Waals surface area contributed by atoms with Gasteiger partial charge in [-0.3, -0.25) is 4.79 Å². The number of sulfonamides is 1. The number of ether oxygens (including phenoxy) is 2. The second-order valence-corrected chi connectivity index (χ2v) is 10.8. The van der Waals surface area contributed by atoms with Crippen molar-refractivity contribution in [2.75, 3.05) is 44.0 Å². The van der Waals surface area contributed by atoms with Gasteiger partial charge in [-0.15, -0.1) is 10.2 Å². The minimum atomic E-state index is -3.64. The lowest BCUT2D eigenvalue weighted by atomic mass is 10.2. The van der Waals surface area contributed by atoms with Crippen LogP contribution in [0, 0.1) is 0 Å². The van der Waals surface area contributed by atoms with E-state index in [1.807, 2.05) is 6.92 Å². The van der Waals surface area contributed by atoms with Crippen LogP contribution >= 0.6 is 11.8 Å². The third-order valence-corrected chi connectivity index (χ3v) is 8.29. The fourth-order valence-corrected chi connectivity index (χ4v) is 5.84. The number of nitrogens with one attached hydrogen (secondary N) is 2. The Kier molecular flexibility index (Phi) is 7.05. The first-order chi connectivity index (χ1) is 17.4. The van der Waals surface area contributed by atoms with Crippen LogP contribution < -0.4 is 10.1 Å².